The largest absolute Gasteiger partial charge is 0.507 e. The van der Waals surface area contributed by atoms with Gasteiger partial charge in [-0.25, -0.2) is 0 Å². The predicted molar refractivity (Wildman–Crippen MR) is 95.8 cm³/mol. The van der Waals surface area contributed by atoms with E-state index in [2.05, 4.69) is 39.9 Å². The molecule has 0 spiro atoms. The van der Waals surface area contributed by atoms with Gasteiger partial charge in [-0.2, -0.15) is 0 Å². The number of hydrogen-bond acceptors (Lipinski definition) is 4. The zero-order valence-electron chi connectivity index (χ0n) is 15.0. The third kappa shape index (κ3) is 5.24. The average Bonchev–Trinajstić information content (AvgIpc) is 2.40. The van der Waals surface area contributed by atoms with Gasteiger partial charge < -0.3 is 15.2 Å². The van der Waals surface area contributed by atoms with E-state index in [0.717, 1.165) is 24.8 Å². The summed E-state index contributed by atoms with van der Waals surface area (Å²) in [5, 5.41) is 13.8. The second-order valence-corrected chi connectivity index (χ2v) is 7.80. The molecule has 0 saturated carbocycles. The summed E-state index contributed by atoms with van der Waals surface area (Å²) in [4.78, 5) is 4.73. The number of piperidine rings is 1. The van der Waals surface area contributed by atoms with Crippen molar-refractivity contribution in [2.24, 2.45) is 4.99 Å². The summed E-state index contributed by atoms with van der Waals surface area (Å²) in [6.45, 7) is 11.6. The summed E-state index contributed by atoms with van der Waals surface area (Å²) in [5.74, 6) is 0.917. The lowest BCUT2D eigenvalue weighted by Gasteiger charge is -2.45. The first-order valence-electron chi connectivity index (χ1n) is 8.49. The number of rotatable bonds is 5. The molecule has 0 radical (unpaired) electrons. The van der Waals surface area contributed by atoms with Crippen molar-refractivity contribution in [1.29, 1.82) is 0 Å². The maximum atomic E-state index is 10.1. The molecule has 1 saturated heterocycles. The first kappa shape index (κ1) is 17.8. The van der Waals surface area contributed by atoms with E-state index >= 15 is 0 Å². The standard InChI is InChI=1S/C19H30N2O2/c1-6-9-23-16-8-7-14(17(22)10-16)13-20-15-11-18(2,3)21-19(4,5)12-15/h7-8,10,13,15,21-22H,6,9,11-12H2,1-5H3. The van der Waals surface area contributed by atoms with Crippen LogP contribution < -0.4 is 10.1 Å². The summed E-state index contributed by atoms with van der Waals surface area (Å²) in [6.07, 6.45) is 4.73. The van der Waals surface area contributed by atoms with Crippen molar-refractivity contribution in [2.75, 3.05) is 6.61 Å². The van der Waals surface area contributed by atoms with Crippen LogP contribution in [0.5, 0.6) is 11.5 Å². The van der Waals surface area contributed by atoms with Crippen molar-refractivity contribution >= 4 is 6.21 Å². The van der Waals surface area contributed by atoms with E-state index in [1.165, 1.54) is 0 Å². The number of phenols is 1. The highest BCUT2D eigenvalue weighted by molar-refractivity contribution is 5.83. The van der Waals surface area contributed by atoms with Crippen LogP contribution in [0, 0.1) is 0 Å². The van der Waals surface area contributed by atoms with E-state index in [9.17, 15) is 5.11 Å². The number of hydrogen-bond donors (Lipinski definition) is 2. The fourth-order valence-electron chi connectivity index (χ4n) is 3.50. The van der Waals surface area contributed by atoms with Gasteiger partial charge in [-0.1, -0.05) is 6.92 Å². The Hall–Kier alpha value is -1.55. The van der Waals surface area contributed by atoms with Crippen molar-refractivity contribution in [1.82, 2.24) is 5.32 Å². The van der Waals surface area contributed by atoms with E-state index in [4.69, 9.17) is 9.73 Å². The SMILES string of the molecule is CCCOc1ccc(C=NC2CC(C)(C)NC(C)(C)C2)c(O)c1. The second-order valence-electron chi connectivity index (χ2n) is 7.80. The van der Waals surface area contributed by atoms with Crippen LogP contribution in [0.15, 0.2) is 23.2 Å². The average molecular weight is 318 g/mol. The third-order valence-electron chi connectivity index (χ3n) is 4.07. The van der Waals surface area contributed by atoms with Crippen molar-refractivity contribution in [3.63, 3.8) is 0 Å². The van der Waals surface area contributed by atoms with Gasteiger partial charge in [-0.05, 0) is 59.1 Å². The fourth-order valence-corrected chi connectivity index (χ4v) is 3.50. The monoisotopic (exact) mass is 318 g/mol. The minimum atomic E-state index is 0.0731. The highest BCUT2D eigenvalue weighted by Gasteiger charge is 2.37. The van der Waals surface area contributed by atoms with Crippen molar-refractivity contribution in [3.05, 3.63) is 23.8 Å². The first-order chi connectivity index (χ1) is 10.7. The number of benzene rings is 1. The summed E-state index contributed by atoms with van der Waals surface area (Å²) >= 11 is 0. The Bertz CT molecular complexity index is 548. The summed E-state index contributed by atoms with van der Waals surface area (Å²) in [5.41, 5.74) is 0.885. The lowest BCUT2D eigenvalue weighted by Crippen LogP contribution is -2.58. The highest BCUT2D eigenvalue weighted by atomic mass is 16.5. The molecule has 2 N–H and O–H groups in total. The zero-order valence-corrected chi connectivity index (χ0v) is 15.0. The molecule has 1 aromatic rings. The topological polar surface area (TPSA) is 53.8 Å². The minimum absolute atomic E-state index is 0.0731. The molecule has 0 atom stereocenters. The Morgan fingerprint density at radius 2 is 1.91 bits per heavy atom. The van der Waals surface area contributed by atoms with Gasteiger partial charge in [0.25, 0.3) is 0 Å². The zero-order chi connectivity index (χ0) is 17.1. The van der Waals surface area contributed by atoms with Crippen LogP contribution >= 0.6 is 0 Å². The van der Waals surface area contributed by atoms with Gasteiger partial charge in [0.05, 0.1) is 12.6 Å². The molecule has 1 aliphatic heterocycles. The van der Waals surface area contributed by atoms with E-state index in [1.807, 2.05) is 12.1 Å². The maximum absolute atomic E-state index is 10.1. The summed E-state index contributed by atoms with van der Waals surface area (Å²) in [7, 11) is 0. The maximum Gasteiger partial charge on any atom is 0.128 e. The minimum Gasteiger partial charge on any atom is -0.507 e. The Morgan fingerprint density at radius 1 is 1.26 bits per heavy atom. The molecular weight excluding hydrogens is 288 g/mol. The van der Waals surface area contributed by atoms with Crippen LogP contribution in [0.25, 0.3) is 0 Å². The first-order valence-corrected chi connectivity index (χ1v) is 8.49. The molecule has 1 aliphatic rings. The van der Waals surface area contributed by atoms with Gasteiger partial charge in [0, 0.05) is 28.9 Å². The molecule has 0 unspecified atom stereocenters. The Morgan fingerprint density at radius 3 is 2.48 bits per heavy atom. The molecule has 1 fully saturated rings. The lowest BCUT2D eigenvalue weighted by molar-refractivity contribution is 0.164. The van der Waals surface area contributed by atoms with E-state index < -0.39 is 0 Å². The second kappa shape index (κ2) is 6.91. The van der Waals surface area contributed by atoms with Gasteiger partial charge in [-0.3, -0.25) is 4.99 Å². The lowest BCUT2D eigenvalue weighted by atomic mass is 9.80. The number of nitrogens with zero attached hydrogens (tertiary/aromatic N) is 1. The molecule has 0 aromatic heterocycles. The van der Waals surface area contributed by atoms with Crippen molar-refractivity contribution in [2.45, 2.75) is 71.0 Å². The normalized spacial score (nSPS) is 20.7. The van der Waals surface area contributed by atoms with E-state index in [1.54, 1.807) is 12.3 Å². The van der Waals surface area contributed by atoms with Gasteiger partial charge >= 0.3 is 0 Å². The van der Waals surface area contributed by atoms with E-state index in [0.29, 0.717) is 12.4 Å². The Labute approximate surface area is 140 Å². The number of aliphatic imine (C=N–C) groups is 1. The van der Waals surface area contributed by atoms with Crippen LogP contribution in [-0.4, -0.2) is 35.0 Å². The molecular formula is C19H30N2O2. The van der Waals surface area contributed by atoms with Crippen molar-refractivity contribution in [3.8, 4) is 11.5 Å². The number of ether oxygens (including phenoxy) is 1. The van der Waals surface area contributed by atoms with Crippen LogP contribution in [-0.2, 0) is 0 Å². The molecule has 1 aromatic carbocycles. The molecule has 2 rings (SSSR count). The van der Waals surface area contributed by atoms with Crippen molar-refractivity contribution < 1.29 is 9.84 Å². The van der Waals surface area contributed by atoms with Gasteiger partial charge in [-0.15, -0.1) is 0 Å². The highest BCUT2D eigenvalue weighted by Crippen LogP contribution is 2.30. The van der Waals surface area contributed by atoms with Gasteiger partial charge in [0.2, 0.25) is 0 Å². The van der Waals surface area contributed by atoms with Crippen LogP contribution in [0.3, 0.4) is 0 Å². The quantitative estimate of drug-likeness (QED) is 0.809. The molecule has 23 heavy (non-hydrogen) atoms. The molecule has 4 nitrogen and oxygen atoms in total. The molecule has 0 bridgehead atoms. The molecule has 1 heterocycles. The number of phenolic OH excluding ortho intramolecular Hbond substituents is 1. The van der Waals surface area contributed by atoms with Crippen LogP contribution in [0.1, 0.15) is 59.4 Å². The van der Waals surface area contributed by atoms with Crippen LogP contribution in [0.2, 0.25) is 0 Å². The smallest absolute Gasteiger partial charge is 0.128 e. The predicted octanol–water partition coefficient (Wildman–Crippen LogP) is 3.91. The van der Waals surface area contributed by atoms with Gasteiger partial charge in [0.15, 0.2) is 0 Å². The van der Waals surface area contributed by atoms with Gasteiger partial charge in [0.1, 0.15) is 11.5 Å². The Balaban J connectivity index is 2.07. The molecule has 0 amide bonds. The molecule has 4 heteroatoms. The number of aromatic hydroxyl groups is 1. The molecule has 0 aliphatic carbocycles. The van der Waals surface area contributed by atoms with Crippen LogP contribution in [0.4, 0.5) is 0 Å². The fraction of sp³-hybridized carbons (Fsp3) is 0.632. The Kier molecular flexibility index (Phi) is 5.35. The summed E-state index contributed by atoms with van der Waals surface area (Å²) in [6, 6.07) is 5.67. The third-order valence-corrected chi connectivity index (χ3v) is 4.07. The summed E-state index contributed by atoms with van der Waals surface area (Å²) < 4.78 is 5.53. The number of nitrogens with one attached hydrogen (secondary N) is 1. The molecule has 128 valence electrons. The van der Waals surface area contributed by atoms with E-state index in [-0.39, 0.29) is 22.9 Å².